The molecule has 1 atom stereocenters. The molecule has 2 amide bonds. The lowest BCUT2D eigenvalue weighted by atomic mass is 9.76. The maximum Gasteiger partial charge on any atom is 0.336 e. The van der Waals surface area contributed by atoms with E-state index in [9.17, 15) is 14.4 Å². The highest BCUT2D eigenvalue weighted by Gasteiger charge is 2.49. The van der Waals surface area contributed by atoms with Crippen molar-refractivity contribution < 1.29 is 28.9 Å². The Labute approximate surface area is 359 Å². The molecule has 0 saturated heterocycles. The van der Waals surface area contributed by atoms with Crippen LogP contribution in [0.25, 0.3) is 12.2 Å². The number of carbonyl (C=O) groups is 3. The predicted octanol–water partition coefficient (Wildman–Crippen LogP) is 10.4. The van der Waals surface area contributed by atoms with E-state index in [0.29, 0.717) is 17.4 Å². The summed E-state index contributed by atoms with van der Waals surface area (Å²) in [5.41, 5.74) is 10.7. The van der Waals surface area contributed by atoms with Crippen LogP contribution >= 0.6 is 0 Å². The van der Waals surface area contributed by atoms with Gasteiger partial charge in [-0.3, -0.25) is 9.59 Å². The summed E-state index contributed by atoms with van der Waals surface area (Å²) >= 11 is 0. The molecule has 8 nitrogen and oxygen atoms in total. The largest absolute Gasteiger partial charge is 0.423 e. The second-order valence-corrected chi connectivity index (χ2v) is 18.1. The molecule has 2 heterocycles. The van der Waals surface area contributed by atoms with Crippen LogP contribution in [-0.2, 0) is 50.4 Å². The van der Waals surface area contributed by atoms with Crippen LogP contribution in [0.4, 0.5) is 11.4 Å². The van der Waals surface area contributed by atoms with E-state index in [2.05, 4.69) is 36.4 Å². The lowest BCUT2D eigenvalue weighted by Crippen LogP contribution is -2.35. The minimum absolute atomic E-state index is 0.144. The summed E-state index contributed by atoms with van der Waals surface area (Å²) < 4.78 is 6.18. The average Bonchev–Trinajstić information content (AvgIpc) is 4.11. The van der Waals surface area contributed by atoms with E-state index in [1.54, 1.807) is 0 Å². The van der Waals surface area contributed by atoms with Crippen molar-refractivity contribution in [2.45, 2.75) is 108 Å². The molecule has 10 rings (SSSR count). The third-order valence-corrected chi connectivity index (χ3v) is 14.5. The van der Waals surface area contributed by atoms with E-state index in [4.69, 9.17) is 14.5 Å². The van der Waals surface area contributed by atoms with Crippen LogP contribution in [0, 0.1) is 11.8 Å². The van der Waals surface area contributed by atoms with Crippen LogP contribution in [0.3, 0.4) is 0 Å². The Kier molecular flexibility index (Phi) is 11.1. The predicted molar refractivity (Wildman–Crippen MR) is 239 cm³/mol. The normalized spacial score (nSPS) is 21.0. The van der Waals surface area contributed by atoms with Gasteiger partial charge in [-0.15, -0.1) is 0 Å². The molecule has 4 aromatic rings. The molecule has 0 N–H and O–H groups in total. The quantitative estimate of drug-likeness (QED) is 0.0396. The fourth-order valence-electron chi connectivity index (χ4n) is 11.5. The van der Waals surface area contributed by atoms with E-state index < -0.39 is 5.97 Å². The summed E-state index contributed by atoms with van der Waals surface area (Å²) in [6.45, 7) is 1.76. The molecule has 6 aliphatic rings. The summed E-state index contributed by atoms with van der Waals surface area (Å²) in [5.74, 6) is 1.77. The van der Waals surface area contributed by atoms with Crippen LogP contribution in [0.5, 0.6) is 11.5 Å². The second kappa shape index (κ2) is 17.1. The number of rotatable bonds is 10. The van der Waals surface area contributed by atoms with Gasteiger partial charge in [0.15, 0.2) is 5.75 Å². The van der Waals surface area contributed by atoms with E-state index >= 15 is 0 Å². The number of benzene rings is 4. The first kappa shape index (κ1) is 39.7. The van der Waals surface area contributed by atoms with Gasteiger partial charge in [-0.2, -0.15) is 4.89 Å². The molecule has 4 aromatic carbocycles. The van der Waals surface area contributed by atoms with E-state index in [1.807, 2.05) is 64.4 Å². The van der Waals surface area contributed by atoms with Crippen LogP contribution in [0.1, 0.15) is 122 Å². The summed E-state index contributed by atoms with van der Waals surface area (Å²) in [6, 6.07) is 24.7. The Morgan fingerprint density at radius 2 is 1.15 bits per heavy atom. The van der Waals surface area contributed by atoms with E-state index in [-0.39, 0.29) is 29.8 Å². The molecule has 1 unspecified atom stereocenters. The molecule has 2 saturated carbocycles. The molecule has 314 valence electrons. The Morgan fingerprint density at radius 1 is 0.607 bits per heavy atom. The number of hydrogen-bond donors (Lipinski definition) is 0. The number of anilines is 2. The third kappa shape index (κ3) is 7.73. The van der Waals surface area contributed by atoms with Crippen LogP contribution < -0.4 is 19.4 Å². The number of fused-ring (bicyclic) bond motifs is 6. The van der Waals surface area contributed by atoms with Gasteiger partial charge in [-0.1, -0.05) is 87.1 Å². The first-order valence-electron chi connectivity index (χ1n) is 22.9. The molecule has 61 heavy (non-hydrogen) atoms. The minimum atomic E-state index is -0.420. The number of hydrogen-bond acceptors (Lipinski definition) is 6. The fraction of sp³-hybridized carbons (Fsp3) is 0.415. The lowest BCUT2D eigenvalue weighted by molar-refractivity contribution is -0.196. The van der Waals surface area contributed by atoms with Crippen molar-refractivity contribution in [1.82, 2.24) is 0 Å². The molecule has 0 bridgehead atoms. The van der Waals surface area contributed by atoms with Gasteiger partial charge < -0.3 is 19.4 Å². The molecular weight excluding hydrogens is 761 g/mol. The number of aryl methyl sites for hydroxylation is 2. The summed E-state index contributed by atoms with van der Waals surface area (Å²) in [6.07, 6.45) is 23.8. The smallest absolute Gasteiger partial charge is 0.336 e. The molecule has 2 aliphatic heterocycles. The third-order valence-electron chi connectivity index (χ3n) is 14.5. The first-order valence-corrected chi connectivity index (χ1v) is 22.9. The minimum Gasteiger partial charge on any atom is -0.423 e. The number of amides is 2. The zero-order valence-electron chi connectivity index (χ0n) is 35.2. The Morgan fingerprint density at radius 3 is 1.74 bits per heavy atom. The summed E-state index contributed by atoms with van der Waals surface area (Å²) in [4.78, 5) is 56.0. The topological polar surface area (TPSA) is 85.4 Å². The zero-order valence-corrected chi connectivity index (χ0v) is 35.2. The monoisotopic (exact) mass is 816 g/mol. The van der Waals surface area contributed by atoms with Gasteiger partial charge in [0.05, 0.1) is 0 Å². The maximum absolute atomic E-state index is 13.5. The van der Waals surface area contributed by atoms with Crippen molar-refractivity contribution in [2.75, 3.05) is 29.5 Å². The Hall–Kier alpha value is -5.47. The zero-order chi connectivity index (χ0) is 41.3. The molecule has 1 spiro atoms. The molecule has 8 heteroatoms. The SMILES string of the molecule is O=C(C=Cc1ccc2c(c1)CCN2C(=O)C1CCCCC1)Oc1cccc2c1C1(CCc3cccc(OOC/C=C/c4ccc5c(c4)CCN5C(=O)C4CCCCC4)c31)CC2. The molecule has 0 aromatic heterocycles. The molecule has 4 aliphatic carbocycles. The standard InChI is InChI=1S/C53H56N2O6/c56-48(24-21-37-20-23-45-43(35-37)28-32-55(45)52(58)41-13-5-2-6-14-41)60-46-17-7-15-38-25-29-53(49(38)46)30-26-39-16-8-18-47(50(39)53)61-59-33-9-10-36-19-22-44-42(34-36)27-31-54(44)51(57)40-11-3-1-4-12-40/h7-10,15-24,34-35,40-41H,1-6,11-14,25-33H2/b10-9+,24-21?. The van der Waals surface area contributed by atoms with Gasteiger partial charge in [-0.25, -0.2) is 4.79 Å². The highest BCUT2D eigenvalue weighted by molar-refractivity contribution is 5.98. The Bertz CT molecular complexity index is 2400. The first-order chi connectivity index (χ1) is 29.9. The van der Waals surface area contributed by atoms with Gasteiger partial charge in [0.1, 0.15) is 12.4 Å². The van der Waals surface area contributed by atoms with Crippen LogP contribution in [0.15, 0.2) is 84.9 Å². The van der Waals surface area contributed by atoms with Gasteiger partial charge in [0, 0.05) is 58.9 Å². The highest BCUT2D eigenvalue weighted by atomic mass is 17.2. The number of ether oxygens (including phenoxy) is 1. The van der Waals surface area contributed by atoms with E-state index in [0.717, 1.165) is 142 Å². The van der Waals surface area contributed by atoms with Crippen molar-refractivity contribution in [3.63, 3.8) is 0 Å². The van der Waals surface area contributed by atoms with E-state index in [1.165, 1.54) is 35.6 Å². The summed E-state index contributed by atoms with van der Waals surface area (Å²) in [7, 11) is 0. The molecule has 0 radical (unpaired) electrons. The van der Waals surface area contributed by atoms with Crippen molar-refractivity contribution in [1.29, 1.82) is 0 Å². The maximum atomic E-state index is 13.5. The summed E-state index contributed by atoms with van der Waals surface area (Å²) in [5, 5.41) is 0. The van der Waals surface area contributed by atoms with Crippen molar-refractivity contribution in [2.24, 2.45) is 11.8 Å². The molecule has 2 fully saturated rings. The fourth-order valence-corrected chi connectivity index (χ4v) is 11.5. The lowest BCUT2D eigenvalue weighted by Gasteiger charge is -2.29. The number of carbonyl (C=O) groups excluding carboxylic acids is 3. The van der Waals surface area contributed by atoms with Crippen molar-refractivity contribution in [3.05, 3.63) is 129 Å². The average molecular weight is 817 g/mol. The number of nitrogens with zero attached hydrogens (tertiary/aromatic N) is 2. The second-order valence-electron chi connectivity index (χ2n) is 18.1. The number of esters is 1. The Balaban J connectivity index is 0.791. The van der Waals surface area contributed by atoms with Gasteiger partial charge in [0.2, 0.25) is 11.8 Å². The molecular formula is C53H56N2O6. The van der Waals surface area contributed by atoms with Crippen molar-refractivity contribution >= 4 is 41.3 Å². The van der Waals surface area contributed by atoms with Gasteiger partial charge >= 0.3 is 5.97 Å². The van der Waals surface area contributed by atoms with Gasteiger partial charge in [0.25, 0.3) is 0 Å². The van der Waals surface area contributed by atoms with Crippen molar-refractivity contribution in [3.8, 4) is 11.5 Å². The van der Waals surface area contributed by atoms with Crippen LogP contribution in [-0.4, -0.2) is 37.5 Å². The van der Waals surface area contributed by atoms with Crippen LogP contribution in [0.2, 0.25) is 0 Å². The highest BCUT2D eigenvalue weighted by Crippen LogP contribution is 2.57. The van der Waals surface area contributed by atoms with Gasteiger partial charge in [-0.05, 0) is 140 Å².